The molecule has 0 saturated heterocycles. The van der Waals surface area contributed by atoms with Crippen molar-refractivity contribution in [2.24, 2.45) is 0 Å². The summed E-state index contributed by atoms with van der Waals surface area (Å²) < 4.78 is 10.6. The monoisotopic (exact) mass is 671 g/mol. The highest BCUT2D eigenvalue weighted by molar-refractivity contribution is 5.70. The van der Waals surface area contributed by atoms with E-state index in [1.54, 1.807) is 0 Å². The molecule has 276 valence electrons. The van der Waals surface area contributed by atoms with Gasteiger partial charge in [0.2, 0.25) is 0 Å². The molecule has 0 spiro atoms. The van der Waals surface area contributed by atoms with Gasteiger partial charge in [-0.15, -0.1) is 0 Å². The predicted molar refractivity (Wildman–Crippen MR) is 205 cm³/mol. The summed E-state index contributed by atoms with van der Waals surface area (Å²) in [5.74, 6) is -0.647. The molecular formula is C43H74O5. The van der Waals surface area contributed by atoms with Crippen LogP contribution in [-0.2, 0) is 19.1 Å². The molecule has 0 aliphatic heterocycles. The van der Waals surface area contributed by atoms with Gasteiger partial charge in [-0.3, -0.25) is 9.59 Å². The summed E-state index contributed by atoms with van der Waals surface area (Å²) in [5, 5.41) is 9.55. The average molecular weight is 671 g/mol. The molecule has 0 unspecified atom stereocenters. The molecule has 48 heavy (non-hydrogen) atoms. The Morgan fingerprint density at radius 3 is 1.42 bits per heavy atom. The van der Waals surface area contributed by atoms with Gasteiger partial charge in [0.05, 0.1) is 6.61 Å². The van der Waals surface area contributed by atoms with Crippen LogP contribution in [0.15, 0.2) is 60.8 Å². The molecule has 0 aliphatic rings. The van der Waals surface area contributed by atoms with Gasteiger partial charge in [-0.05, 0) is 77.0 Å². The van der Waals surface area contributed by atoms with Crippen LogP contribution in [0.5, 0.6) is 0 Å². The standard InChI is InChI=1S/C43H74O5/c1-3-5-7-9-11-13-15-17-19-20-21-22-24-26-28-30-32-34-36-38-43(46)48-41(39-44)40-47-42(45)37-35-33-31-29-27-25-23-18-16-14-12-10-8-6-4-2/h6,8,12,14,18,20-21,23,27,29,41,44H,3-5,7,9-11,13,15-17,19,22,24-26,28,30-40H2,1-2H3/b8-6-,14-12-,21-20-,23-18-,29-27-/t41-/m0/s1. The fourth-order valence-corrected chi connectivity index (χ4v) is 5.30. The normalized spacial score (nSPS) is 12.8. The van der Waals surface area contributed by atoms with Gasteiger partial charge in [-0.1, -0.05) is 152 Å². The van der Waals surface area contributed by atoms with E-state index in [-0.39, 0.29) is 25.2 Å². The number of hydrogen-bond acceptors (Lipinski definition) is 5. The number of aliphatic hydroxyl groups is 1. The molecule has 0 aromatic carbocycles. The molecule has 5 nitrogen and oxygen atoms in total. The third-order valence-corrected chi connectivity index (χ3v) is 8.30. The lowest BCUT2D eigenvalue weighted by molar-refractivity contribution is -0.161. The van der Waals surface area contributed by atoms with Crippen molar-refractivity contribution in [1.82, 2.24) is 0 Å². The number of hydrogen-bond donors (Lipinski definition) is 1. The van der Waals surface area contributed by atoms with Gasteiger partial charge in [0.1, 0.15) is 6.61 Å². The van der Waals surface area contributed by atoms with E-state index >= 15 is 0 Å². The van der Waals surface area contributed by atoms with E-state index in [0.29, 0.717) is 12.8 Å². The lowest BCUT2D eigenvalue weighted by Crippen LogP contribution is -2.28. The van der Waals surface area contributed by atoms with Crippen molar-refractivity contribution in [3.05, 3.63) is 60.8 Å². The van der Waals surface area contributed by atoms with E-state index in [4.69, 9.17) is 9.47 Å². The summed E-state index contributed by atoms with van der Waals surface area (Å²) in [5.41, 5.74) is 0. The van der Waals surface area contributed by atoms with Crippen molar-refractivity contribution in [1.29, 1.82) is 0 Å². The van der Waals surface area contributed by atoms with E-state index in [2.05, 4.69) is 74.6 Å². The minimum Gasteiger partial charge on any atom is -0.462 e. The van der Waals surface area contributed by atoms with Crippen LogP contribution in [0.4, 0.5) is 0 Å². The number of allylic oxidation sites excluding steroid dienone is 10. The zero-order valence-corrected chi connectivity index (χ0v) is 31.2. The Kier molecular flexibility index (Phi) is 37.1. The van der Waals surface area contributed by atoms with Gasteiger partial charge >= 0.3 is 11.9 Å². The largest absolute Gasteiger partial charge is 0.462 e. The first kappa shape index (κ1) is 45.6. The number of carbonyl (C=O) groups is 2. The van der Waals surface area contributed by atoms with Crippen LogP contribution < -0.4 is 0 Å². The van der Waals surface area contributed by atoms with Gasteiger partial charge in [0, 0.05) is 12.8 Å². The highest BCUT2D eigenvalue weighted by atomic mass is 16.6. The van der Waals surface area contributed by atoms with Crippen molar-refractivity contribution in [3.8, 4) is 0 Å². The van der Waals surface area contributed by atoms with E-state index < -0.39 is 6.10 Å². The number of rotatable bonds is 35. The molecule has 0 aliphatic carbocycles. The Morgan fingerprint density at radius 1 is 0.500 bits per heavy atom. The molecule has 0 amide bonds. The van der Waals surface area contributed by atoms with Gasteiger partial charge in [-0.2, -0.15) is 0 Å². The summed E-state index contributed by atoms with van der Waals surface area (Å²) in [6.07, 6.45) is 50.0. The van der Waals surface area contributed by atoms with Crippen molar-refractivity contribution in [2.75, 3.05) is 13.2 Å². The average Bonchev–Trinajstić information content (AvgIpc) is 3.09. The number of carbonyl (C=O) groups excluding carboxylic acids is 2. The molecular weight excluding hydrogens is 596 g/mol. The molecule has 0 radical (unpaired) electrons. The smallest absolute Gasteiger partial charge is 0.306 e. The first-order valence-corrected chi connectivity index (χ1v) is 19.8. The van der Waals surface area contributed by atoms with Crippen molar-refractivity contribution in [2.45, 2.75) is 187 Å². The molecule has 0 aromatic rings. The number of ether oxygens (including phenoxy) is 2. The topological polar surface area (TPSA) is 72.8 Å². The second kappa shape index (κ2) is 39.0. The second-order valence-electron chi connectivity index (χ2n) is 13.0. The number of esters is 2. The molecule has 0 fully saturated rings. The Morgan fingerprint density at radius 2 is 0.896 bits per heavy atom. The predicted octanol–water partition coefficient (Wildman–Crippen LogP) is 12.4. The van der Waals surface area contributed by atoms with Crippen LogP contribution in [0.25, 0.3) is 0 Å². The fourth-order valence-electron chi connectivity index (χ4n) is 5.30. The summed E-state index contributed by atoms with van der Waals surface area (Å²) in [4.78, 5) is 24.2. The molecule has 1 N–H and O–H groups in total. The summed E-state index contributed by atoms with van der Waals surface area (Å²) >= 11 is 0. The molecule has 5 heteroatoms. The third kappa shape index (κ3) is 36.4. The first-order valence-electron chi connectivity index (χ1n) is 19.8. The highest BCUT2D eigenvalue weighted by Gasteiger charge is 2.16. The maximum absolute atomic E-state index is 12.2. The molecule has 1 atom stereocenters. The minimum absolute atomic E-state index is 0.0910. The second-order valence-corrected chi connectivity index (χ2v) is 13.0. The zero-order chi connectivity index (χ0) is 35.0. The zero-order valence-electron chi connectivity index (χ0n) is 31.2. The minimum atomic E-state index is -0.791. The van der Waals surface area contributed by atoms with E-state index in [0.717, 1.165) is 64.2 Å². The third-order valence-electron chi connectivity index (χ3n) is 8.30. The highest BCUT2D eigenvalue weighted by Crippen LogP contribution is 2.13. The van der Waals surface area contributed by atoms with E-state index in [1.165, 1.54) is 89.9 Å². The van der Waals surface area contributed by atoms with Crippen molar-refractivity contribution in [3.63, 3.8) is 0 Å². The summed E-state index contributed by atoms with van der Waals surface area (Å²) in [6.45, 7) is 3.98. The van der Waals surface area contributed by atoms with Crippen LogP contribution in [0.2, 0.25) is 0 Å². The van der Waals surface area contributed by atoms with Crippen LogP contribution in [0, 0.1) is 0 Å². The lowest BCUT2D eigenvalue weighted by Gasteiger charge is -2.15. The molecule has 0 rings (SSSR count). The Hall–Kier alpha value is -2.40. The van der Waals surface area contributed by atoms with Crippen LogP contribution >= 0.6 is 0 Å². The van der Waals surface area contributed by atoms with Crippen LogP contribution in [0.1, 0.15) is 181 Å². The SMILES string of the molecule is CC/C=C\C/C=C\C/C=C\C/C=C\CCCCC(=O)OC[C@H](CO)OC(=O)CCCCCCCCC/C=C\CCCCCCCCCC. The van der Waals surface area contributed by atoms with Crippen LogP contribution in [-0.4, -0.2) is 36.4 Å². The first-order chi connectivity index (χ1) is 23.6. The number of aliphatic hydroxyl groups excluding tert-OH is 1. The van der Waals surface area contributed by atoms with E-state index in [9.17, 15) is 14.7 Å². The maximum Gasteiger partial charge on any atom is 0.306 e. The van der Waals surface area contributed by atoms with Gasteiger partial charge < -0.3 is 14.6 Å². The van der Waals surface area contributed by atoms with Gasteiger partial charge in [-0.25, -0.2) is 0 Å². The fraction of sp³-hybridized carbons (Fsp3) is 0.721. The summed E-state index contributed by atoms with van der Waals surface area (Å²) in [6, 6.07) is 0. The Balaban J connectivity index is 3.62. The van der Waals surface area contributed by atoms with Gasteiger partial charge in [0.15, 0.2) is 6.10 Å². The molecule has 0 aromatic heterocycles. The Labute approximate surface area is 296 Å². The summed E-state index contributed by atoms with van der Waals surface area (Å²) in [7, 11) is 0. The van der Waals surface area contributed by atoms with E-state index in [1.807, 2.05) is 0 Å². The van der Waals surface area contributed by atoms with Crippen LogP contribution in [0.3, 0.4) is 0 Å². The van der Waals surface area contributed by atoms with Crippen molar-refractivity contribution >= 4 is 11.9 Å². The number of unbranched alkanes of at least 4 members (excludes halogenated alkanes) is 17. The molecule has 0 bridgehead atoms. The van der Waals surface area contributed by atoms with Crippen molar-refractivity contribution < 1.29 is 24.2 Å². The molecule has 0 saturated carbocycles. The Bertz CT molecular complexity index is 853. The quantitative estimate of drug-likeness (QED) is 0.0413. The maximum atomic E-state index is 12.2. The lowest BCUT2D eigenvalue weighted by atomic mass is 10.1. The van der Waals surface area contributed by atoms with Gasteiger partial charge in [0.25, 0.3) is 0 Å². The molecule has 0 heterocycles.